The van der Waals surface area contributed by atoms with Crippen LogP contribution in [0.15, 0.2) is 48.5 Å². The summed E-state index contributed by atoms with van der Waals surface area (Å²) in [4.78, 5) is 39.3. The van der Waals surface area contributed by atoms with E-state index in [1.54, 1.807) is 0 Å². The molecule has 1 aliphatic heterocycles. The molecular weight excluding hydrogens is 452 g/mol. The van der Waals surface area contributed by atoms with Crippen LogP contribution >= 0.6 is 11.8 Å². The molecule has 4 rings (SSSR count). The van der Waals surface area contributed by atoms with Gasteiger partial charge in [-0.3, -0.25) is 4.79 Å². The summed E-state index contributed by atoms with van der Waals surface area (Å²) >= 11 is 1.46. The third kappa shape index (κ3) is 4.51. The lowest BCUT2D eigenvalue weighted by Crippen LogP contribution is -2.56. The number of nitrogens with zero attached hydrogens (tertiary/aromatic N) is 1. The van der Waals surface area contributed by atoms with Crippen molar-refractivity contribution in [2.45, 2.75) is 50.6 Å². The lowest BCUT2D eigenvalue weighted by molar-refractivity contribution is -0.150. The predicted molar refractivity (Wildman–Crippen MR) is 132 cm³/mol. The van der Waals surface area contributed by atoms with E-state index in [4.69, 9.17) is 4.74 Å². The number of nitrogens with one attached hydrogen (secondary N) is 1. The third-order valence-electron chi connectivity index (χ3n) is 6.53. The molecule has 1 fully saturated rings. The minimum absolute atomic E-state index is 0.0813. The number of rotatable bonds is 7. The fourth-order valence-corrected chi connectivity index (χ4v) is 6.16. The first-order valence-electron chi connectivity index (χ1n) is 11.6. The lowest BCUT2D eigenvalue weighted by atomic mass is 9.98. The molecule has 1 saturated heterocycles. The molecule has 0 radical (unpaired) electrons. The van der Waals surface area contributed by atoms with Crippen molar-refractivity contribution in [1.29, 1.82) is 0 Å². The van der Waals surface area contributed by atoms with Crippen LogP contribution < -0.4 is 5.32 Å². The van der Waals surface area contributed by atoms with Crippen LogP contribution in [0.5, 0.6) is 0 Å². The van der Waals surface area contributed by atoms with Gasteiger partial charge in [-0.2, -0.15) is 0 Å². The van der Waals surface area contributed by atoms with E-state index in [2.05, 4.69) is 17.4 Å². The van der Waals surface area contributed by atoms with Crippen molar-refractivity contribution in [1.82, 2.24) is 10.2 Å². The molecule has 1 aliphatic carbocycles. The van der Waals surface area contributed by atoms with Gasteiger partial charge in [0, 0.05) is 11.7 Å². The van der Waals surface area contributed by atoms with Crippen LogP contribution in [0.1, 0.15) is 44.2 Å². The highest BCUT2D eigenvalue weighted by Gasteiger charge is 2.44. The molecule has 34 heavy (non-hydrogen) atoms. The maximum Gasteiger partial charge on any atom is 0.407 e. The zero-order valence-corrected chi connectivity index (χ0v) is 20.4. The average molecular weight is 483 g/mol. The van der Waals surface area contributed by atoms with Crippen molar-refractivity contribution < 1.29 is 24.2 Å². The van der Waals surface area contributed by atoms with Gasteiger partial charge in [-0.25, -0.2) is 9.59 Å². The van der Waals surface area contributed by atoms with Gasteiger partial charge in [-0.1, -0.05) is 69.3 Å². The van der Waals surface area contributed by atoms with E-state index in [0.29, 0.717) is 12.2 Å². The molecule has 2 aromatic carbocycles. The van der Waals surface area contributed by atoms with E-state index >= 15 is 0 Å². The van der Waals surface area contributed by atoms with Crippen molar-refractivity contribution in [2.24, 2.45) is 5.92 Å². The highest BCUT2D eigenvalue weighted by Crippen LogP contribution is 2.44. The molecule has 2 aromatic rings. The fraction of sp³-hybridized carbons (Fsp3) is 0.423. The number of ether oxygens (including phenoxy) is 1. The molecule has 2 amide bonds. The van der Waals surface area contributed by atoms with Gasteiger partial charge in [-0.15, -0.1) is 11.8 Å². The molecule has 3 atom stereocenters. The monoisotopic (exact) mass is 482 g/mol. The first kappa shape index (κ1) is 24.1. The second kappa shape index (κ2) is 10.1. The molecule has 1 heterocycles. The van der Waals surface area contributed by atoms with E-state index in [1.807, 2.05) is 57.2 Å². The van der Waals surface area contributed by atoms with Crippen molar-refractivity contribution in [3.05, 3.63) is 59.7 Å². The number of carbonyl (C=O) groups excluding carboxylic acids is 2. The smallest absolute Gasteiger partial charge is 0.407 e. The average Bonchev–Trinajstić information content (AvgIpc) is 3.40. The number of alkyl carbamates (subject to hydrolysis) is 1. The third-order valence-corrected chi connectivity index (χ3v) is 7.98. The Balaban J connectivity index is 1.46. The van der Waals surface area contributed by atoms with E-state index in [0.717, 1.165) is 22.3 Å². The Bertz CT molecular complexity index is 1040. The molecular formula is C26H30N2O5S. The zero-order chi connectivity index (χ0) is 24.4. The van der Waals surface area contributed by atoms with Crippen LogP contribution in [0.2, 0.25) is 0 Å². The number of amides is 2. The Morgan fingerprint density at radius 3 is 2.21 bits per heavy atom. The SMILES string of the molecule is CCC1SCC(C(=O)O)N1C(=O)[C@H](NC(=O)OCC1c2ccccc2-c2ccccc21)C(C)C. The first-order chi connectivity index (χ1) is 16.3. The van der Waals surface area contributed by atoms with Gasteiger partial charge in [0.1, 0.15) is 18.7 Å². The molecule has 2 aliphatic rings. The standard InChI is InChI=1S/C26H30N2O5S/c1-4-22-28(21(14-34-22)25(30)31)24(29)23(15(2)3)27-26(32)33-13-20-18-11-7-5-9-16(18)17-10-6-8-12-19(17)20/h5-12,15,20-23H,4,13-14H2,1-3H3,(H,27,32)(H,30,31)/t21?,22?,23-/m1/s1. The largest absolute Gasteiger partial charge is 0.480 e. The van der Waals surface area contributed by atoms with Crippen LogP contribution in [0.25, 0.3) is 11.1 Å². The highest BCUT2D eigenvalue weighted by atomic mass is 32.2. The second-order valence-corrected chi connectivity index (χ2v) is 10.2. The summed E-state index contributed by atoms with van der Waals surface area (Å²) in [6, 6.07) is 14.4. The maximum absolute atomic E-state index is 13.4. The summed E-state index contributed by atoms with van der Waals surface area (Å²) in [6.07, 6.45) is -0.0451. The Kier molecular flexibility index (Phi) is 7.16. The van der Waals surface area contributed by atoms with Crippen molar-refractivity contribution in [2.75, 3.05) is 12.4 Å². The van der Waals surface area contributed by atoms with E-state index in [9.17, 15) is 19.5 Å². The van der Waals surface area contributed by atoms with Crippen molar-refractivity contribution in [3.63, 3.8) is 0 Å². The van der Waals surface area contributed by atoms with E-state index in [-0.39, 0.29) is 29.7 Å². The number of carboxylic acids is 1. The summed E-state index contributed by atoms with van der Waals surface area (Å²) in [5.74, 6) is -1.38. The fourth-order valence-electron chi connectivity index (χ4n) is 4.81. The van der Waals surface area contributed by atoms with Gasteiger partial charge in [0.05, 0.1) is 5.37 Å². The summed E-state index contributed by atoms with van der Waals surface area (Å²) in [7, 11) is 0. The van der Waals surface area contributed by atoms with Crippen LogP contribution in [0.4, 0.5) is 4.79 Å². The molecule has 7 nitrogen and oxygen atoms in total. The van der Waals surface area contributed by atoms with Crippen molar-refractivity contribution >= 4 is 29.7 Å². The second-order valence-electron chi connectivity index (χ2n) is 8.99. The Morgan fingerprint density at radius 2 is 1.68 bits per heavy atom. The number of carbonyl (C=O) groups is 3. The number of benzene rings is 2. The summed E-state index contributed by atoms with van der Waals surface area (Å²) < 4.78 is 5.62. The lowest BCUT2D eigenvalue weighted by Gasteiger charge is -2.32. The number of carboxylic acid groups (broad SMARTS) is 1. The summed E-state index contributed by atoms with van der Waals surface area (Å²) in [5, 5.41) is 12.1. The van der Waals surface area contributed by atoms with Gasteiger partial charge in [0.15, 0.2) is 0 Å². The molecule has 0 bridgehead atoms. The van der Waals surface area contributed by atoms with E-state index in [1.165, 1.54) is 16.7 Å². The Labute approximate surface area is 203 Å². The van der Waals surface area contributed by atoms with Gasteiger partial charge >= 0.3 is 12.1 Å². The minimum atomic E-state index is -1.03. The molecule has 180 valence electrons. The van der Waals surface area contributed by atoms with Gasteiger partial charge in [0.2, 0.25) is 5.91 Å². The quantitative estimate of drug-likeness (QED) is 0.610. The van der Waals surface area contributed by atoms with Gasteiger partial charge in [-0.05, 0) is 34.6 Å². The van der Waals surface area contributed by atoms with Gasteiger partial charge in [0.25, 0.3) is 0 Å². The Hall–Kier alpha value is -3.00. The minimum Gasteiger partial charge on any atom is -0.480 e. The van der Waals surface area contributed by atoms with Crippen LogP contribution in [-0.4, -0.2) is 57.8 Å². The Morgan fingerprint density at radius 1 is 1.09 bits per heavy atom. The number of aliphatic carboxylic acids is 1. The topological polar surface area (TPSA) is 95.9 Å². The van der Waals surface area contributed by atoms with E-state index < -0.39 is 24.1 Å². The molecule has 0 saturated carbocycles. The summed E-state index contributed by atoms with van der Waals surface area (Å²) in [5.41, 5.74) is 4.49. The molecule has 8 heteroatoms. The number of thioether (sulfide) groups is 1. The number of hydrogen-bond donors (Lipinski definition) is 2. The summed E-state index contributed by atoms with van der Waals surface area (Å²) in [6.45, 7) is 5.72. The molecule has 2 unspecified atom stereocenters. The van der Waals surface area contributed by atoms with Gasteiger partial charge < -0.3 is 20.1 Å². The molecule has 0 spiro atoms. The number of fused-ring (bicyclic) bond motifs is 3. The van der Waals surface area contributed by atoms with Crippen LogP contribution in [0, 0.1) is 5.92 Å². The highest BCUT2D eigenvalue weighted by molar-refractivity contribution is 8.00. The predicted octanol–water partition coefficient (Wildman–Crippen LogP) is 4.31. The number of hydrogen-bond acceptors (Lipinski definition) is 5. The molecule has 0 aromatic heterocycles. The molecule has 2 N–H and O–H groups in total. The van der Waals surface area contributed by atoms with Crippen molar-refractivity contribution in [3.8, 4) is 11.1 Å². The normalized spacial score (nSPS) is 20.1. The van der Waals surface area contributed by atoms with Crippen LogP contribution in [0.3, 0.4) is 0 Å². The zero-order valence-electron chi connectivity index (χ0n) is 19.6. The first-order valence-corrected chi connectivity index (χ1v) is 12.7. The van der Waals surface area contributed by atoms with Crippen LogP contribution in [-0.2, 0) is 14.3 Å². The maximum atomic E-state index is 13.4.